The quantitative estimate of drug-likeness (QED) is 0.838. The summed E-state index contributed by atoms with van der Waals surface area (Å²) in [4.78, 5) is 11.4. The van der Waals surface area contributed by atoms with Gasteiger partial charge in [-0.05, 0) is 6.92 Å². The van der Waals surface area contributed by atoms with E-state index < -0.39 is 0 Å². The number of rotatable bonds is 4. The number of H-pyrrole nitrogens is 1. The highest BCUT2D eigenvalue weighted by Gasteiger charge is 2.04. The first-order chi connectivity index (χ1) is 6.90. The summed E-state index contributed by atoms with van der Waals surface area (Å²) < 4.78 is 5.27. The van der Waals surface area contributed by atoms with Crippen LogP contribution in [-0.2, 0) is 11.3 Å². The molecule has 0 radical (unpaired) electrons. The topological polar surface area (TPSA) is 50.8 Å². The minimum absolute atomic E-state index is 0.584. The van der Waals surface area contributed by atoms with Gasteiger partial charge < -0.3 is 9.72 Å². The summed E-state index contributed by atoms with van der Waals surface area (Å²) >= 11 is 1.60. The second kappa shape index (κ2) is 4.34. The predicted molar refractivity (Wildman–Crippen MR) is 55.0 cm³/mol. The molecule has 0 saturated heterocycles. The fourth-order valence-corrected chi connectivity index (χ4v) is 1.85. The maximum Gasteiger partial charge on any atom is 0.141 e. The van der Waals surface area contributed by atoms with Crippen LogP contribution in [0.3, 0.4) is 0 Å². The van der Waals surface area contributed by atoms with Crippen LogP contribution in [-0.4, -0.2) is 21.6 Å². The van der Waals surface area contributed by atoms with E-state index in [0.717, 1.165) is 23.0 Å². The number of nitrogens with zero attached hydrogens (tertiary/aromatic N) is 2. The molecule has 2 aromatic heterocycles. The molecule has 0 aromatic carbocycles. The number of hydrogen-bond acceptors (Lipinski definition) is 4. The van der Waals surface area contributed by atoms with Gasteiger partial charge in [0.15, 0.2) is 0 Å². The van der Waals surface area contributed by atoms with Gasteiger partial charge in [0.2, 0.25) is 0 Å². The van der Waals surface area contributed by atoms with E-state index in [1.54, 1.807) is 23.9 Å². The predicted octanol–water partition coefficient (Wildman–Crippen LogP) is 2.07. The molecule has 1 N–H and O–H groups in total. The molecule has 0 atom stereocenters. The van der Waals surface area contributed by atoms with Crippen LogP contribution in [0.25, 0.3) is 10.7 Å². The van der Waals surface area contributed by atoms with Crippen LogP contribution in [0.1, 0.15) is 12.6 Å². The molecular weight excluding hydrogens is 198 g/mol. The minimum atomic E-state index is 0.584. The van der Waals surface area contributed by atoms with Crippen LogP contribution < -0.4 is 0 Å². The van der Waals surface area contributed by atoms with Gasteiger partial charge in [0, 0.05) is 12.0 Å². The van der Waals surface area contributed by atoms with Crippen LogP contribution in [0.5, 0.6) is 0 Å². The molecule has 4 nitrogen and oxygen atoms in total. The van der Waals surface area contributed by atoms with E-state index >= 15 is 0 Å². The minimum Gasteiger partial charge on any atom is -0.375 e. The molecule has 14 heavy (non-hydrogen) atoms. The van der Waals surface area contributed by atoms with Crippen molar-refractivity contribution in [2.75, 3.05) is 6.61 Å². The number of thiazole rings is 1. The number of aromatic amines is 1. The average molecular weight is 209 g/mol. The van der Waals surface area contributed by atoms with Crippen LogP contribution in [0.2, 0.25) is 0 Å². The summed E-state index contributed by atoms with van der Waals surface area (Å²) in [6.45, 7) is 3.28. The highest BCUT2D eigenvalue weighted by Crippen LogP contribution is 2.21. The van der Waals surface area contributed by atoms with Gasteiger partial charge in [-0.2, -0.15) is 0 Å². The van der Waals surface area contributed by atoms with E-state index in [9.17, 15) is 0 Å². The lowest BCUT2D eigenvalue weighted by atomic mass is 10.5. The first-order valence-electron chi connectivity index (χ1n) is 4.41. The van der Waals surface area contributed by atoms with Crippen molar-refractivity contribution in [3.63, 3.8) is 0 Å². The lowest BCUT2D eigenvalue weighted by Gasteiger charge is -1.94. The number of aromatic nitrogens is 3. The van der Waals surface area contributed by atoms with Gasteiger partial charge in [-0.1, -0.05) is 0 Å². The Kier molecular flexibility index (Phi) is 2.90. The zero-order chi connectivity index (χ0) is 9.80. The van der Waals surface area contributed by atoms with Crippen molar-refractivity contribution in [2.24, 2.45) is 0 Å². The van der Waals surface area contributed by atoms with Crippen molar-refractivity contribution in [1.29, 1.82) is 0 Å². The monoisotopic (exact) mass is 209 g/mol. The van der Waals surface area contributed by atoms with E-state index in [4.69, 9.17) is 4.74 Å². The van der Waals surface area contributed by atoms with E-state index in [1.165, 1.54) is 0 Å². The maximum absolute atomic E-state index is 5.27. The fourth-order valence-electron chi connectivity index (χ4n) is 1.08. The molecule has 0 spiro atoms. The van der Waals surface area contributed by atoms with Crippen LogP contribution >= 0.6 is 11.3 Å². The van der Waals surface area contributed by atoms with Crippen LogP contribution in [0, 0.1) is 0 Å². The van der Waals surface area contributed by atoms with Crippen LogP contribution in [0.15, 0.2) is 17.9 Å². The Labute approximate surface area is 86.0 Å². The summed E-state index contributed by atoms with van der Waals surface area (Å²) in [5.74, 6) is 0. The molecule has 0 amide bonds. The highest BCUT2D eigenvalue weighted by atomic mass is 32.1. The summed E-state index contributed by atoms with van der Waals surface area (Å²) in [5, 5.41) is 2.96. The molecular formula is C9H11N3OS. The van der Waals surface area contributed by atoms with Crippen molar-refractivity contribution in [3.8, 4) is 10.7 Å². The van der Waals surface area contributed by atoms with Gasteiger partial charge in [0.25, 0.3) is 0 Å². The Morgan fingerprint density at radius 3 is 3.21 bits per heavy atom. The molecule has 5 heteroatoms. The van der Waals surface area contributed by atoms with Gasteiger partial charge >= 0.3 is 0 Å². The zero-order valence-electron chi connectivity index (χ0n) is 7.86. The first-order valence-corrected chi connectivity index (χ1v) is 5.29. The van der Waals surface area contributed by atoms with E-state index in [0.29, 0.717) is 6.61 Å². The Balaban J connectivity index is 2.10. The van der Waals surface area contributed by atoms with Crippen LogP contribution in [0.4, 0.5) is 0 Å². The third-order valence-corrected chi connectivity index (χ3v) is 2.66. The second-order valence-corrected chi connectivity index (χ2v) is 3.60. The first kappa shape index (κ1) is 9.36. The second-order valence-electron chi connectivity index (χ2n) is 2.75. The Morgan fingerprint density at radius 1 is 1.57 bits per heavy atom. The number of hydrogen-bond donors (Lipinski definition) is 1. The lowest BCUT2D eigenvalue weighted by molar-refractivity contribution is 0.132. The SMILES string of the molecule is CCOCc1csc(-c2cnc[nH]2)n1. The van der Waals surface area contributed by atoms with Gasteiger partial charge in [-0.3, -0.25) is 0 Å². The molecule has 74 valence electrons. The van der Waals surface area contributed by atoms with Gasteiger partial charge in [0.1, 0.15) is 5.01 Å². The molecule has 0 aliphatic rings. The fraction of sp³-hybridized carbons (Fsp3) is 0.333. The molecule has 0 aliphatic carbocycles. The Hall–Kier alpha value is -1.20. The lowest BCUT2D eigenvalue weighted by Crippen LogP contribution is -1.91. The summed E-state index contributed by atoms with van der Waals surface area (Å²) in [6.07, 6.45) is 3.42. The van der Waals surface area contributed by atoms with Gasteiger partial charge in [-0.15, -0.1) is 11.3 Å². The molecule has 2 heterocycles. The highest BCUT2D eigenvalue weighted by molar-refractivity contribution is 7.13. The zero-order valence-corrected chi connectivity index (χ0v) is 8.67. The molecule has 0 bridgehead atoms. The summed E-state index contributed by atoms with van der Waals surface area (Å²) in [6, 6.07) is 0. The van der Waals surface area contributed by atoms with Crippen molar-refractivity contribution in [2.45, 2.75) is 13.5 Å². The normalized spacial score (nSPS) is 10.6. The number of ether oxygens (including phenoxy) is 1. The van der Waals surface area contributed by atoms with E-state index in [2.05, 4.69) is 15.0 Å². The van der Waals surface area contributed by atoms with Gasteiger partial charge in [-0.25, -0.2) is 9.97 Å². The van der Waals surface area contributed by atoms with E-state index in [1.807, 2.05) is 12.3 Å². The summed E-state index contributed by atoms with van der Waals surface area (Å²) in [5.41, 5.74) is 1.93. The standard InChI is InChI=1S/C9H11N3OS/c1-2-13-4-7-5-14-9(12-7)8-3-10-6-11-8/h3,5-6H,2,4H2,1H3,(H,10,11). The maximum atomic E-state index is 5.27. The largest absolute Gasteiger partial charge is 0.375 e. The van der Waals surface area contributed by atoms with E-state index in [-0.39, 0.29) is 0 Å². The van der Waals surface area contributed by atoms with Gasteiger partial charge in [0.05, 0.1) is 30.5 Å². The molecule has 0 fully saturated rings. The third kappa shape index (κ3) is 2.00. The number of nitrogens with one attached hydrogen (secondary N) is 1. The Bertz CT molecular complexity index is 382. The van der Waals surface area contributed by atoms with Crippen molar-refractivity contribution in [3.05, 3.63) is 23.6 Å². The number of imidazole rings is 1. The smallest absolute Gasteiger partial charge is 0.141 e. The molecule has 0 aliphatic heterocycles. The van der Waals surface area contributed by atoms with Crippen molar-refractivity contribution in [1.82, 2.24) is 15.0 Å². The van der Waals surface area contributed by atoms with Crippen molar-refractivity contribution < 1.29 is 4.74 Å². The Morgan fingerprint density at radius 2 is 2.50 bits per heavy atom. The van der Waals surface area contributed by atoms with Crippen molar-refractivity contribution >= 4 is 11.3 Å². The summed E-state index contributed by atoms with van der Waals surface area (Å²) in [7, 11) is 0. The molecule has 0 unspecified atom stereocenters. The molecule has 2 rings (SSSR count). The third-order valence-electron chi connectivity index (χ3n) is 1.73. The average Bonchev–Trinajstić information content (AvgIpc) is 2.85. The molecule has 0 saturated carbocycles. The molecule has 2 aromatic rings.